The summed E-state index contributed by atoms with van der Waals surface area (Å²) in [5.74, 6) is -2.06. The van der Waals surface area contributed by atoms with Crippen molar-refractivity contribution in [3.8, 4) is 5.75 Å². The van der Waals surface area contributed by atoms with Crippen molar-refractivity contribution >= 4 is 35.4 Å². The van der Waals surface area contributed by atoms with Gasteiger partial charge in [-0.2, -0.15) is 0 Å². The van der Waals surface area contributed by atoms with Crippen LogP contribution in [0.1, 0.15) is 64.7 Å². The van der Waals surface area contributed by atoms with Gasteiger partial charge in [0.15, 0.2) is 6.10 Å². The first kappa shape index (κ1) is 36.0. The van der Waals surface area contributed by atoms with Crippen molar-refractivity contribution in [2.75, 3.05) is 13.7 Å². The Hall–Kier alpha value is -3.89. The van der Waals surface area contributed by atoms with Gasteiger partial charge in [0.25, 0.3) is 0 Å². The second-order valence-electron chi connectivity index (χ2n) is 13.3. The lowest BCUT2D eigenvalue weighted by molar-refractivity contribution is -0.179. The van der Waals surface area contributed by atoms with Crippen LogP contribution in [0.15, 0.2) is 60.7 Å². The van der Waals surface area contributed by atoms with Crippen molar-refractivity contribution in [3.63, 3.8) is 0 Å². The Morgan fingerprint density at radius 3 is 2.40 bits per heavy atom. The average Bonchev–Trinajstić information content (AvgIpc) is 3.83. The maximum atomic E-state index is 13.6. The van der Waals surface area contributed by atoms with Gasteiger partial charge in [-0.25, -0.2) is 4.79 Å². The van der Waals surface area contributed by atoms with Crippen LogP contribution in [-0.2, 0) is 39.8 Å². The number of carbonyl (C=O) groups is 4. The van der Waals surface area contributed by atoms with E-state index in [-0.39, 0.29) is 49.9 Å². The first-order valence-corrected chi connectivity index (χ1v) is 16.4. The Morgan fingerprint density at radius 1 is 1.02 bits per heavy atom. The number of amides is 2. The molecule has 0 spiro atoms. The summed E-state index contributed by atoms with van der Waals surface area (Å²) in [5.41, 5.74) is 0.524. The Kier molecular flexibility index (Phi) is 12.1. The highest BCUT2D eigenvalue weighted by Crippen LogP contribution is 2.45. The number of hydrogen-bond acceptors (Lipinski definition) is 8. The number of esters is 2. The number of carbonyl (C=O) groups excluding carboxylic acids is 4. The van der Waals surface area contributed by atoms with E-state index < -0.39 is 47.4 Å². The molecule has 10 nitrogen and oxygen atoms in total. The van der Waals surface area contributed by atoms with Gasteiger partial charge < -0.3 is 29.6 Å². The number of hydrogen-bond donors (Lipinski definition) is 2. The van der Waals surface area contributed by atoms with E-state index in [1.807, 2.05) is 51.1 Å². The fourth-order valence-corrected chi connectivity index (χ4v) is 5.75. The summed E-state index contributed by atoms with van der Waals surface area (Å²) in [6.45, 7) is 8.92. The van der Waals surface area contributed by atoms with Crippen LogP contribution in [0.4, 0.5) is 0 Å². The second-order valence-corrected chi connectivity index (χ2v) is 13.7. The normalized spacial score (nSPS) is 26.1. The molecule has 1 fully saturated rings. The summed E-state index contributed by atoms with van der Waals surface area (Å²) in [7, 11) is 1.51. The van der Waals surface area contributed by atoms with Gasteiger partial charge >= 0.3 is 11.9 Å². The van der Waals surface area contributed by atoms with Gasteiger partial charge in [-0.3, -0.25) is 14.4 Å². The lowest BCUT2D eigenvalue weighted by atomic mass is 9.92. The summed E-state index contributed by atoms with van der Waals surface area (Å²) >= 11 is 6.32. The summed E-state index contributed by atoms with van der Waals surface area (Å²) in [6, 6.07) is 13.9. The molecule has 11 heteroatoms. The van der Waals surface area contributed by atoms with Crippen molar-refractivity contribution in [1.29, 1.82) is 0 Å². The molecule has 47 heavy (non-hydrogen) atoms. The molecule has 2 aliphatic heterocycles. The molecule has 0 saturated carbocycles. The molecular weight excluding hydrogens is 624 g/mol. The highest BCUT2D eigenvalue weighted by Gasteiger charge is 2.48. The zero-order valence-electron chi connectivity index (χ0n) is 27.8. The van der Waals surface area contributed by atoms with E-state index in [0.717, 1.165) is 5.56 Å². The SMILES string of the molecule is COc1ccc(C[C@H]2NC(=O)C=CC[C@@H]([C@H](C)[C@H]3O[C@@H]3c3ccccc3)OC(=O)[C@H](CC(C)C)OC(=O)C(C)(C)CNC2=O)cc1Cl. The van der Waals surface area contributed by atoms with Gasteiger partial charge in [0.1, 0.15) is 24.0 Å². The van der Waals surface area contributed by atoms with E-state index in [1.54, 1.807) is 38.1 Å². The number of benzene rings is 2. The number of rotatable bonds is 8. The number of nitrogens with one attached hydrogen (secondary N) is 2. The topological polar surface area (TPSA) is 133 Å². The van der Waals surface area contributed by atoms with E-state index in [4.69, 9.17) is 30.5 Å². The second kappa shape index (κ2) is 15.8. The van der Waals surface area contributed by atoms with Gasteiger partial charge in [0.2, 0.25) is 11.8 Å². The standard InChI is InChI=1S/C36H45ClN2O8/c1-21(2)17-29-34(42)45-27(22(3)31-32(47-31)24-11-8-7-9-12-24)13-10-14-30(40)39-26(19-23-15-16-28(44-6)25(37)18-23)33(41)38-20-36(4,5)35(43)46-29/h7-12,14-16,18,21-22,26-27,29,31-32H,13,17,19-20H2,1-6H3,(H,38,41)(H,39,40)/t22-,26+,27-,29-,31+,32+/m0/s1. The molecule has 0 aliphatic carbocycles. The molecule has 2 heterocycles. The third-order valence-electron chi connectivity index (χ3n) is 8.41. The largest absolute Gasteiger partial charge is 0.495 e. The number of methoxy groups -OCH3 is 1. The van der Waals surface area contributed by atoms with Crippen LogP contribution < -0.4 is 15.4 Å². The van der Waals surface area contributed by atoms with Crippen LogP contribution in [0.2, 0.25) is 5.02 Å². The maximum Gasteiger partial charge on any atom is 0.347 e. The smallest absolute Gasteiger partial charge is 0.347 e. The van der Waals surface area contributed by atoms with E-state index in [1.165, 1.54) is 13.2 Å². The van der Waals surface area contributed by atoms with Crippen LogP contribution in [0, 0.1) is 17.3 Å². The van der Waals surface area contributed by atoms with Gasteiger partial charge in [0.05, 0.1) is 23.7 Å². The molecule has 2 aromatic rings. The molecule has 0 unspecified atom stereocenters. The van der Waals surface area contributed by atoms with E-state index in [0.29, 0.717) is 16.3 Å². The van der Waals surface area contributed by atoms with Crippen molar-refractivity contribution in [3.05, 3.63) is 76.8 Å². The number of epoxide rings is 1. The van der Waals surface area contributed by atoms with Crippen LogP contribution in [0.5, 0.6) is 5.75 Å². The molecule has 2 aliphatic rings. The van der Waals surface area contributed by atoms with E-state index in [2.05, 4.69) is 10.6 Å². The minimum atomic E-state index is -1.20. The quantitative estimate of drug-likeness (QED) is 0.293. The van der Waals surface area contributed by atoms with Crippen molar-refractivity contribution < 1.29 is 38.1 Å². The molecule has 0 radical (unpaired) electrons. The lowest BCUT2D eigenvalue weighted by Crippen LogP contribution is -2.51. The average molecular weight is 669 g/mol. The molecular formula is C36H45ClN2O8. The molecule has 2 aromatic carbocycles. The van der Waals surface area contributed by atoms with Gasteiger partial charge in [0, 0.05) is 25.3 Å². The van der Waals surface area contributed by atoms with E-state index in [9.17, 15) is 19.2 Å². The predicted octanol–water partition coefficient (Wildman–Crippen LogP) is 5.12. The van der Waals surface area contributed by atoms with Crippen molar-refractivity contribution in [2.24, 2.45) is 17.3 Å². The van der Waals surface area contributed by atoms with Crippen LogP contribution in [-0.4, -0.2) is 61.8 Å². The molecule has 0 aromatic heterocycles. The summed E-state index contributed by atoms with van der Waals surface area (Å²) in [5, 5.41) is 5.91. The van der Waals surface area contributed by atoms with Gasteiger partial charge in [-0.1, -0.05) is 74.8 Å². The molecule has 4 rings (SSSR count). The Balaban J connectivity index is 1.61. The Bertz CT molecular complexity index is 1460. The zero-order valence-corrected chi connectivity index (χ0v) is 28.5. The molecule has 254 valence electrons. The monoisotopic (exact) mass is 668 g/mol. The minimum Gasteiger partial charge on any atom is -0.495 e. The minimum absolute atomic E-state index is 0.0228. The van der Waals surface area contributed by atoms with Crippen LogP contribution >= 0.6 is 11.6 Å². The molecule has 2 N–H and O–H groups in total. The van der Waals surface area contributed by atoms with Crippen LogP contribution in [0.25, 0.3) is 0 Å². The lowest BCUT2D eigenvalue weighted by Gasteiger charge is -2.29. The highest BCUT2D eigenvalue weighted by atomic mass is 35.5. The predicted molar refractivity (Wildman–Crippen MR) is 177 cm³/mol. The number of cyclic esters (lactones) is 2. The molecule has 6 atom stereocenters. The highest BCUT2D eigenvalue weighted by molar-refractivity contribution is 6.32. The first-order valence-electron chi connectivity index (χ1n) is 16.0. The number of ether oxygens (including phenoxy) is 4. The fourth-order valence-electron chi connectivity index (χ4n) is 5.46. The zero-order chi connectivity index (χ0) is 34.3. The first-order chi connectivity index (χ1) is 22.3. The number of halogens is 1. The molecule has 1 saturated heterocycles. The van der Waals surface area contributed by atoms with Crippen molar-refractivity contribution in [1.82, 2.24) is 10.6 Å². The van der Waals surface area contributed by atoms with Crippen molar-refractivity contribution in [2.45, 2.75) is 84.3 Å². The van der Waals surface area contributed by atoms with Gasteiger partial charge in [-0.05, 0) is 55.5 Å². The van der Waals surface area contributed by atoms with Gasteiger partial charge in [-0.15, -0.1) is 0 Å². The Morgan fingerprint density at radius 2 is 1.74 bits per heavy atom. The third kappa shape index (κ3) is 9.81. The summed E-state index contributed by atoms with van der Waals surface area (Å²) in [4.78, 5) is 53.6. The summed E-state index contributed by atoms with van der Waals surface area (Å²) in [6.07, 6.45) is 1.34. The summed E-state index contributed by atoms with van der Waals surface area (Å²) < 4.78 is 23.1. The molecule has 0 bridgehead atoms. The van der Waals surface area contributed by atoms with Crippen LogP contribution in [0.3, 0.4) is 0 Å². The van der Waals surface area contributed by atoms with E-state index >= 15 is 0 Å². The molecule has 2 amide bonds. The fraction of sp³-hybridized carbons (Fsp3) is 0.500. The third-order valence-corrected chi connectivity index (χ3v) is 8.70. The Labute approximate surface area is 281 Å². The maximum absolute atomic E-state index is 13.6.